The van der Waals surface area contributed by atoms with E-state index in [9.17, 15) is 9.59 Å². The maximum Gasteiger partial charge on any atom is 0.407 e. The molecule has 0 unspecified atom stereocenters. The van der Waals surface area contributed by atoms with Crippen molar-refractivity contribution in [2.45, 2.75) is 26.8 Å². The molecule has 0 bridgehead atoms. The molecular formula is C14H18ClNO4. The summed E-state index contributed by atoms with van der Waals surface area (Å²) in [6.45, 7) is 5.78. The van der Waals surface area contributed by atoms with Crippen molar-refractivity contribution < 1.29 is 19.1 Å². The Labute approximate surface area is 124 Å². The zero-order chi connectivity index (χ0) is 14.0. The Morgan fingerprint density at radius 1 is 1.35 bits per heavy atom. The molecule has 0 radical (unpaired) electrons. The SMILES string of the molecule is CC(=O)Oc1ccc([C@H]2NC(=O)OCC2(C)C)cc1.Cl. The quantitative estimate of drug-likeness (QED) is 0.673. The third-order valence-corrected chi connectivity index (χ3v) is 3.09. The summed E-state index contributed by atoms with van der Waals surface area (Å²) in [5, 5.41) is 2.81. The summed E-state index contributed by atoms with van der Waals surface area (Å²) in [5.74, 6) is 0.139. The molecule has 6 heteroatoms. The monoisotopic (exact) mass is 299 g/mol. The van der Waals surface area contributed by atoms with E-state index in [0.717, 1.165) is 5.56 Å². The standard InChI is InChI=1S/C14H17NO4.ClH/c1-9(16)19-11-6-4-10(5-7-11)12-14(2,3)8-18-13(17)15-12;/h4-7,12H,8H2,1-3H3,(H,15,17);1H/t12-;/m1./s1. The summed E-state index contributed by atoms with van der Waals surface area (Å²) in [7, 11) is 0. The van der Waals surface area contributed by atoms with Crippen LogP contribution in [0.5, 0.6) is 5.75 Å². The molecule has 1 N–H and O–H groups in total. The van der Waals surface area contributed by atoms with Gasteiger partial charge in [0.05, 0.1) is 6.04 Å². The zero-order valence-electron chi connectivity index (χ0n) is 11.6. The van der Waals surface area contributed by atoms with Gasteiger partial charge in [0.2, 0.25) is 0 Å². The van der Waals surface area contributed by atoms with Gasteiger partial charge < -0.3 is 14.8 Å². The number of rotatable bonds is 2. The molecule has 110 valence electrons. The Bertz CT molecular complexity index is 498. The number of halogens is 1. The molecule has 1 fully saturated rings. The maximum absolute atomic E-state index is 11.3. The van der Waals surface area contributed by atoms with E-state index in [1.807, 2.05) is 26.0 Å². The van der Waals surface area contributed by atoms with Gasteiger partial charge in [-0.05, 0) is 17.7 Å². The average Bonchev–Trinajstić information content (AvgIpc) is 2.33. The highest BCUT2D eigenvalue weighted by Gasteiger charge is 2.37. The first-order valence-corrected chi connectivity index (χ1v) is 6.10. The van der Waals surface area contributed by atoms with Gasteiger partial charge in [-0.1, -0.05) is 26.0 Å². The third kappa shape index (κ3) is 3.63. The van der Waals surface area contributed by atoms with Crippen molar-refractivity contribution in [2.75, 3.05) is 6.61 Å². The Hall–Kier alpha value is -1.75. The zero-order valence-corrected chi connectivity index (χ0v) is 12.5. The van der Waals surface area contributed by atoms with Crippen LogP contribution in [-0.4, -0.2) is 18.7 Å². The summed E-state index contributed by atoms with van der Waals surface area (Å²) < 4.78 is 9.98. The van der Waals surface area contributed by atoms with Gasteiger partial charge >= 0.3 is 12.1 Å². The van der Waals surface area contributed by atoms with E-state index in [0.29, 0.717) is 12.4 Å². The largest absolute Gasteiger partial charge is 0.449 e. The second kappa shape index (κ2) is 6.13. The summed E-state index contributed by atoms with van der Waals surface area (Å²) in [6.07, 6.45) is -0.409. The first-order valence-electron chi connectivity index (χ1n) is 6.10. The Balaban J connectivity index is 0.00000200. The number of alkyl carbamates (subject to hydrolysis) is 1. The Morgan fingerprint density at radius 2 is 1.95 bits per heavy atom. The van der Waals surface area contributed by atoms with Crippen LogP contribution in [0.15, 0.2) is 24.3 Å². The minimum Gasteiger partial charge on any atom is -0.449 e. The first kappa shape index (κ1) is 16.3. The minimum atomic E-state index is -0.409. The summed E-state index contributed by atoms with van der Waals surface area (Å²) in [4.78, 5) is 22.2. The molecule has 0 aliphatic carbocycles. The number of benzene rings is 1. The van der Waals surface area contributed by atoms with Crippen LogP contribution in [-0.2, 0) is 9.53 Å². The van der Waals surface area contributed by atoms with Crippen LogP contribution in [0.3, 0.4) is 0 Å². The minimum absolute atomic E-state index is 0. The van der Waals surface area contributed by atoms with E-state index < -0.39 is 6.09 Å². The lowest BCUT2D eigenvalue weighted by molar-refractivity contribution is -0.131. The van der Waals surface area contributed by atoms with Crippen molar-refractivity contribution in [1.29, 1.82) is 0 Å². The van der Waals surface area contributed by atoms with Crippen molar-refractivity contribution in [3.63, 3.8) is 0 Å². The molecule has 1 saturated heterocycles. The van der Waals surface area contributed by atoms with Gasteiger partial charge in [0.15, 0.2) is 0 Å². The Morgan fingerprint density at radius 3 is 2.50 bits per heavy atom. The van der Waals surface area contributed by atoms with Gasteiger partial charge in [-0.15, -0.1) is 12.4 Å². The number of ether oxygens (including phenoxy) is 2. The molecule has 5 nitrogen and oxygen atoms in total. The molecule has 1 aromatic rings. The summed E-state index contributed by atoms with van der Waals surface area (Å²) in [5.41, 5.74) is 0.759. The van der Waals surface area contributed by atoms with Gasteiger partial charge in [0, 0.05) is 12.3 Å². The molecule has 1 atom stereocenters. The van der Waals surface area contributed by atoms with E-state index in [4.69, 9.17) is 9.47 Å². The van der Waals surface area contributed by atoms with E-state index in [2.05, 4.69) is 5.32 Å². The number of amides is 1. The van der Waals surface area contributed by atoms with Gasteiger partial charge in [0.1, 0.15) is 12.4 Å². The van der Waals surface area contributed by atoms with Gasteiger partial charge in [-0.25, -0.2) is 4.79 Å². The van der Waals surface area contributed by atoms with Gasteiger partial charge in [-0.3, -0.25) is 4.79 Å². The topological polar surface area (TPSA) is 64.6 Å². The average molecular weight is 300 g/mol. The summed E-state index contributed by atoms with van der Waals surface area (Å²) in [6, 6.07) is 7.00. The van der Waals surface area contributed by atoms with Crippen molar-refractivity contribution >= 4 is 24.5 Å². The summed E-state index contributed by atoms with van der Waals surface area (Å²) >= 11 is 0. The molecule has 2 rings (SSSR count). The highest BCUT2D eigenvalue weighted by atomic mass is 35.5. The maximum atomic E-state index is 11.3. The number of nitrogens with one attached hydrogen (secondary N) is 1. The molecule has 20 heavy (non-hydrogen) atoms. The van der Waals surface area contributed by atoms with Crippen LogP contribution < -0.4 is 10.1 Å². The number of hydrogen-bond donors (Lipinski definition) is 1. The first-order chi connectivity index (χ1) is 8.88. The second-order valence-corrected chi connectivity index (χ2v) is 5.30. The molecule has 1 heterocycles. The molecule has 1 aliphatic rings. The lowest BCUT2D eigenvalue weighted by atomic mass is 9.80. The van der Waals surface area contributed by atoms with Crippen molar-refractivity contribution in [2.24, 2.45) is 5.41 Å². The van der Waals surface area contributed by atoms with Crippen LogP contribution in [0.1, 0.15) is 32.4 Å². The van der Waals surface area contributed by atoms with Crippen molar-refractivity contribution in [1.82, 2.24) is 5.32 Å². The van der Waals surface area contributed by atoms with E-state index >= 15 is 0 Å². The fourth-order valence-electron chi connectivity index (χ4n) is 2.12. The third-order valence-electron chi connectivity index (χ3n) is 3.09. The fourth-order valence-corrected chi connectivity index (χ4v) is 2.12. The van der Waals surface area contributed by atoms with E-state index in [-0.39, 0.29) is 29.8 Å². The molecule has 1 aromatic carbocycles. The van der Waals surface area contributed by atoms with Crippen molar-refractivity contribution in [3.8, 4) is 5.75 Å². The van der Waals surface area contributed by atoms with E-state index in [1.165, 1.54) is 6.92 Å². The lowest BCUT2D eigenvalue weighted by Crippen LogP contribution is -2.46. The number of esters is 1. The second-order valence-electron chi connectivity index (χ2n) is 5.30. The molecule has 0 spiro atoms. The molecule has 1 aliphatic heterocycles. The number of carbonyl (C=O) groups excluding carboxylic acids is 2. The normalized spacial score (nSPS) is 20.1. The van der Waals surface area contributed by atoms with E-state index in [1.54, 1.807) is 12.1 Å². The number of carbonyl (C=O) groups is 2. The number of hydrogen-bond acceptors (Lipinski definition) is 4. The predicted molar refractivity (Wildman–Crippen MR) is 76.0 cm³/mol. The molecule has 1 amide bonds. The smallest absolute Gasteiger partial charge is 0.407 e. The molecule has 0 saturated carbocycles. The lowest BCUT2D eigenvalue weighted by Gasteiger charge is -2.38. The highest BCUT2D eigenvalue weighted by Crippen LogP contribution is 2.36. The van der Waals surface area contributed by atoms with Crippen molar-refractivity contribution in [3.05, 3.63) is 29.8 Å². The van der Waals surface area contributed by atoms with Gasteiger partial charge in [-0.2, -0.15) is 0 Å². The molecule has 0 aromatic heterocycles. The van der Waals surface area contributed by atoms with Gasteiger partial charge in [0.25, 0.3) is 0 Å². The number of cyclic esters (lactones) is 1. The highest BCUT2D eigenvalue weighted by molar-refractivity contribution is 5.85. The Kier molecular flexibility index (Phi) is 5.00. The van der Waals surface area contributed by atoms with Crippen LogP contribution in [0.2, 0.25) is 0 Å². The molecular weight excluding hydrogens is 282 g/mol. The van der Waals surface area contributed by atoms with Crippen LogP contribution in [0, 0.1) is 5.41 Å². The van der Waals surface area contributed by atoms with Crippen LogP contribution in [0.25, 0.3) is 0 Å². The van der Waals surface area contributed by atoms with Crippen LogP contribution >= 0.6 is 12.4 Å². The predicted octanol–water partition coefficient (Wildman–Crippen LogP) is 2.84. The van der Waals surface area contributed by atoms with Crippen LogP contribution in [0.4, 0.5) is 4.79 Å². The fraction of sp³-hybridized carbons (Fsp3) is 0.429.